The molecule has 0 heterocycles. The van der Waals surface area contributed by atoms with E-state index in [1.165, 1.54) is 0 Å². The molecule has 0 aliphatic carbocycles. The zero-order chi connectivity index (χ0) is 9.78. The maximum Gasteiger partial charge on any atom is 0.0942 e. The number of amidine groups is 1. The van der Waals surface area contributed by atoms with E-state index in [9.17, 15) is 0 Å². The van der Waals surface area contributed by atoms with Gasteiger partial charge in [-0.05, 0) is 11.3 Å². The highest BCUT2D eigenvalue weighted by atomic mass is 14.8. The van der Waals surface area contributed by atoms with Crippen molar-refractivity contribution in [2.75, 3.05) is 6.54 Å². The van der Waals surface area contributed by atoms with Crippen molar-refractivity contribution in [1.82, 2.24) is 0 Å². The predicted octanol–water partition coefficient (Wildman–Crippen LogP) is 2.44. The average molecular weight is 170 g/mol. The summed E-state index contributed by atoms with van der Waals surface area (Å²) < 4.78 is 0. The van der Waals surface area contributed by atoms with Crippen molar-refractivity contribution in [3.63, 3.8) is 0 Å². The Kier molecular flexibility index (Phi) is 4.29. The summed E-state index contributed by atoms with van der Waals surface area (Å²) in [5.41, 5.74) is 6.01. The lowest BCUT2D eigenvalue weighted by atomic mass is 9.92. The van der Waals surface area contributed by atoms with Gasteiger partial charge in [-0.3, -0.25) is 4.99 Å². The van der Waals surface area contributed by atoms with Crippen LogP contribution in [-0.4, -0.2) is 12.4 Å². The van der Waals surface area contributed by atoms with Gasteiger partial charge in [0.1, 0.15) is 0 Å². The molecule has 0 saturated carbocycles. The second kappa shape index (κ2) is 4.48. The van der Waals surface area contributed by atoms with Gasteiger partial charge in [0, 0.05) is 13.0 Å². The van der Waals surface area contributed by atoms with Crippen LogP contribution in [0.5, 0.6) is 0 Å². The number of nitrogens with two attached hydrogens (primary N) is 1. The van der Waals surface area contributed by atoms with Crippen molar-refractivity contribution in [3.8, 4) is 0 Å². The Bertz CT molecular complexity index is 152. The van der Waals surface area contributed by atoms with Crippen LogP contribution < -0.4 is 5.73 Å². The summed E-state index contributed by atoms with van der Waals surface area (Å²) in [7, 11) is 0. The fraction of sp³-hybridized carbons (Fsp3) is 0.900. The zero-order valence-electron chi connectivity index (χ0n) is 9.02. The van der Waals surface area contributed by atoms with Crippen LogP contribution in [0.15, 0.2) is 4.99 Å². The molecule has 0 aromatic carbocycles. The molecule has 0 fully saturated rings. The van der Waals surface area contributed by atoms with Crippen LogP contribution in [0.25, 0.3) is 0 Å². The van der Waals surface area contributed by atoms with Crippen LogP contribution in [0.1, 0.15) is 41.0 Å². The number of hydrogen-bond acceptors (Lipinski definition) is 1. The molecule has 0 saturated heterocycles. The smallest absolute Gasteiger partial charge is 0.0942 e. The molecule has 0 aliphatic heterocycles. The predicted molar refractivity (Wildman–Crippen MR) is 55.4 cm³/mol. The largest absolute Gasteiger partial charge is 0.387 e. The summed E-state index contributed by atoms with van der Waals surface area (Å²) in [6, 6.07) is 0. The second-order valence-corrected chi connectivity index (χ2v) is 4.96. The van der Waals surface area contributed by atoms with Crippen molar-refractivity contribution < 1.29 is 0 Å². The van der Waals surface area contributed by atoms with E-state index in [-0.39, 0.29) is 5.41 Å². The Morgan fingerprint density at radius 1 is 1.33 bits per heavy atom. The highest BCUT2D eigenvalue weighted by molar-refractivity contribution is 5.80. The van der Waals surface area contributed by atoms with Gasteiger partial charge >= 0.3 is 0 Å². The van der Waals surface area contributed by atoms with Gasteiger partial charge in [0.05, 0.1) is 5.84 Å². The van der Waals surface area contributed by atoms with Gasteiger partial charge in [-0.15, -0.1) is 0 Å². The standard InChI is InChI=1S/C10H22N2/c1-8(2)7-12-9(11)6-10(3,4)5/h8H,6-7H2,1-5H3,(H2,11,12). The lowest BCUT2D eigenvalue weighted by molar-refractivity contribution is 0.431. The van der Waals surface area contributed by atoms with Gasteiger partial charge in [-0.25, -0.2) is 0 Å². The van der Waals surface area contributed by atoms with E-state index in [0.717, 1.165) is 18.8 Å². The first-order valence-corrected chi connectivity index (χ1v) is 4.60. The topological polar surface area (TPSA) is 38.4 Å². The van der Waals surface area contributed by atoms with Crippen LogP contribution in [0.2, 0.25) is 0 Å². The molecule has 0 bridgehead atoms. The average Bonchev–Trinajstić information content (AvgIpc) is 1.79. The van der Waals surface area contributed by atoms with Crippen molar-refractivity contribution in [2.45, 2.75) is 41.0 Å². The van der Waals surface area contributed by atoms with E-state index in [1.54, 1.807) is 0 Å². The molecule has 0 aromatic heterocycles. The van der Waals surface area contributed by atoms with E-state index in [4.69, 9.17) is 5.73 Å². The Morgan fingerprint density at radius 3 is 2.17 bits per heavy atom. The number of rotatable bonds is 3. The SMILES string of the molecule is CC(C)CN=C(N)CC(C)(C)C. The van der Waals surface area contributed by atoms with E-state index >= 15 is 0 Å². The van der Waals surface area contributed by atoms with Gasteiger partial charge in [-0.1, -0.05) is 34.6 Å². The van der Waals surface area contributed by atoms with Crippen LogP contribution in [-0.2, 0) is 0 Å². The van der Waals surface area contributed by atoms with Gasteiger partial charge in [0.2, 0.25) is 0 Å². The van der Waals surface area contributed by atoms with Crippen LogP contribution in [0.4, 0.5) is 0 Å². The summed E-state index contributed by atoms with van der Waals surface area (Å²) in [6.45, 7) is 11.7. The molecule has 2 N–H and O–H groups in total. The molecule has 0 radical (unpaired) electrons. The molecule has 0 rings (SSSR count). The quantitative estimate of drug-likeness (QED) is 0.512. The minimum atomic E-state index is 0.255. The molecule has 2 nitrogen and oxygen atoms in total. The first kappa shape index (κ1) is 11.5. The van der Waals surface area contributed by atoms with Crippen LogP contribution >= 0.6 is 0 Å². The fourth-order valence-electron chi connectivity index (χ4n) is 0.899. The molecular weight excluding hydrogens is 148 g/mol. The molecule has 0 aliphatic rings. The molecule has 2 heteroatoms. The maximum absolute atomic E-state index is 5.76. The van der Waals surface area contributed by atoms with E-state index in [0.29, 0.717) is 5.92 Å². The Morgan fingerprint density at radius 2 is 1.83 bits per heavy atom. The molecule has 12 heavy (non-hydrogen) atoms. The molecular formula is C10H22N2. The zero-order valence-corrected chi connectivity index (χ0v) is 9.02. The van der Waals surface area contributed by atoms with Gasteiger partial charge < -0.3 is 5.73 Å². The first-order valence-electron chi connectivity index (χ1n) is 4.60. The van der Waals surface area contributed by atoms with Gasteiger partial charge in [0.25, 0.3) is 0 Å². The molecule has 0 atom stereocenters. The molecule has 0 spiro atoms. The van der Waals surface area contributed by atoms with Crippen molar-refractivity contribution in [3.05, 3.63) is 0 Å². The summed E-state index contributed by atoms with van der Waals surface area (Å²) in [5, 5.41) is 0. The summed E-state index contributed by atoms with van der Waals surface area (Å²) >= 11 is 0. The normalized spacial score (nSPS) is 14.0. The monoisotopic (exact) mass is 170 g/mol. The molecule has 0 aromatic rings. The van der Waals surface area contributed by atoms with Crippen LogP contribution in [0.3, 0.4) is 0 Å². The third-order valence-electron chi connectivity index (χ3n) is 1.37. The third kappa shape index (κ3) is 7.58. The number of aliphatic imine (C=N–C) groups is 1. The summed E-state index contributed by atoms with van der Waals surface area (Å²) in [4.78, 5) is 4.30. The summed E-state index contributed by atoms with van der Waals surface area (Å²) in [6.07, 6.45) is 0.889. The highest BCUT2D eigenvalue weighted by Gasteiger charge is 2.11. The number of hydrogen-bond donors (Lipinski definition) is 1. The van der Waals surface area contributed by atoms with E-state index in [2.05, 4.69) is 39.6 Å². The molecule has 0 amide bonds. The second-order valence-electron chi connectivity index (χ2n) is 4.96. The van der Waals surface area contributed by atoms with Gasteiger partial charge in [-0.2, -0.15) is 0 Å². The Balaban J connectivity index is 3.86. The maximum atomic E-state index is 5.76. The Hall–Kier alpha value is -0.530. The third-order valence-corrected chi connectivity index (χ3v) is 1.37. The minimum Gasteiger partial charge on any atom is -0.387 e. The van der Waals surface area contributed by atoms with Gasteiger partial charge in [0.15, 0.2) is 0 Å². The van der Waals surface area contributed by atoms with Crippen LogP contribution in [0, 0.1) is 11.3 Å². The Labute approximate surface area is 76.3 Å². The molecule has 0 unspecified atom stereocenters. The lowest BCUT2D eigenvalue weighted by Crippen LogP contribution is -2.21. The van der Waals surface area contributed by atoms with Crippen molar-refractivity contribution >= 4 is 5.84 Å². The minimum absolute atomic E-state index is 0.255. The van der Waals surface area contributed by atoms with E-state index in [1.807, 2.05) is 0 Å². The highest BCUT2D eigenvalue weighted by Crippen LogP contribution is 2.17. The fourth-order valence-corrected chi connectivity index (χ4v) is 0.899. The first-order chi connectivity index (χ1) is 5.31. The van der Waals surface area contributed by atoms with E-state index < -0.39 is 0 Å². The van der Waals surface area contributed by atoms with Crippen molar-refractivity contribution in [2.24, 2.45) is 22.1 Å². The molecule has 72 valence electrons. The lowest BCUT2D eigenvalue weighted by Gasteiger charge is -2.17. The number of nitrogens with zero attached hydrogens (tertiary/aromatic N) is 1. The van der Waals surface area contributed by atoms with Crippen molar-refractivity contribution in [1.29, 1.82) is 0 Å². The summed E-state index contributed by atoms with van der Waals surface area (Å²) in [5.74, 6) is 1.39.